The Kier molecular flexibility index (Phi) is 2.03. The van der Waals surface area contributed by atoms with Gasteiger partial charge in [-0.15, -0.1) is 0 Å². The quantitative estimate of drug-likeness (QED) is 0.763. The SMILES string of the molecule is CCC1Nc2c(C)cccc2-n2cccc21. The van der Waals surface area contributed by atoms with E-state index in [0.29, 0.717) is 6.04 Å². The van der Waals surface area contributed by atoms with Crippen LogP contribution in [0.2, 0.25) is 0 Å². The molecule has 2 nitrogen and oxygen atoms in total. The van der Waals surface area contributed by atoms with E-state index in [9.17, 15) is 0 Å². The van der Waals surface area contributed by atoms with Gasteiger partial charge in [-0.3, -0.25) is 0 Å². The first-order chi connectivity index (χ1) is 7.81. The molecule has 1 aromatic heterocycles. The van der Waals surface area contributed by atoms with Gasteiger partial charge in [0, 0.05) is 11.9 Å². The Hall–Kier alpha value is -1.70. The van der Waals surface area contributed by atoms with Crippen molar-refractivity contribution >= 4 is 5.69 Å². The van der Waals surface area contributed by atoms with Gasteiger partial charge in [0.05, 0.1) is 17.4 Å². The maximum absolute atomic E-state index is 3.64. The molecule has 1 aliphatic rings. The molecule has 1 aliphatic heterocycles. The van der Waals surface area contributed by atoms with E-state index < -0.39 is 0 Å². The number of hydrogen-bond donors (Lipinski definition) is 1. The zero-order valence-electron chi connectivity index (χ0n) is 9.70. The summed E-state index contributed by atoms with van der Waals surface area (Å²) in [5, 5.41) is 3.64. The van der Waals surface area contributed by atoms with Gasteiger partial charge >= 0.3 is 0 Å². The molecule has 2 heteroatoms. The van der Waals surface area contributed by atoms with Crippen LogP contribution in [0.25, 0.3) is 5.69 Å². The second-order valence-corrected chi connectivity index (χ2v) is 4.38. The molecule has 0 saturated heterocycles. The predicted molar refractivity (Wildman–Crippen MR) is 67.2 cm³/mol. The Morgan fingerprint density at radius 1 is 1.25 bits per heavy atom. The largest absolute Gasteiger partial charge is 0.375 e. The summed E-state index contributed by atoms with van der Waals surface area (Å²) in [6.07, 6.45) is 3.26. The molecule has 1 unspecified atom stereocenters. The lowest BCUT2D eigenvalue weighted by Crippen LogP contribution is -2.21. The van der Waals surface area contributed by atoms with E-state index in [-0.39, 0.29) is 0 Å². The number of aryl methyl sites for hydroxylation is 1. The van der Waals surface area contributed by atoms with Crippen LogP contribution in [-0.4, -0.2) is 4.57 Å². The fourth-order valence-electron chi connectivity index (χ4n) is 2.50. The van der Waals surface area contributed by atoms with Gasteiger partial charge in [0.1, 0.15) is 0 Å². The summed E-state index contributed by atoms with van der Waals surface area (Å²) in [7, 11) is 0. The van der Waals surface area contributed by atoms with Gasteiger partial charge < -0.3 is 9.88 Å². The maximum Gasteiger partial charge on any atom is 0.0688 e. The zero-order valence-corrected chi connectivity index (χ0v) is 9.70. The highest BCUT2D eigenvalue weighted by atomic mass is 15.1. The van der Waals surface area contributed by atoms with E-state index in [1.165, 1.54) is 22.6 Å². The van der Waals surface area contributed by atoms with Gasteiger partial charge in [-0.2, -0.15) is 0 Å². The fraction of sp³-hybridized carbons (Fsp3) is 0.286. The zero-order chi connectivity index (χ0) is 11.1. The molecule has 1 aromatic carbocycles. The summed E-state index contributed by atoms with van der Waals surface area (Å²) in [5.74, 6) is 0. The molecule has 82 valence electrons. The van der Waals surface area contributed by atoms with Crippen molar-refractivity contribution < 1.29 is 0 Å². The topological polar surface area (TPSA) is 17.0 Å². The third-order valence-corrected chi connectivity index (χ3v) is 3.37. The molecular formula is C14H16N2. The van der Waals surface area contributed by atoms with Gasteiger partial charge in [0.15, 0.2) is 0 Å². The standard InChI is InChI=1S/C14H16N2/c1-3-11-12-8-5-9-16(12)13-7-4-6-10(2)14(13)15-11/h4-9,11,15H,3H2,1-2H3. The van der Waals surface area contributed by atoms with Crippen molar-refractivity contribution in [2.75, 3.05) is 5.32 Å². The van der Waals surface area contributed by atoms with Crippen LogP contribution in [-0.2, 0) is 0 Å². The van der Waals surface area contributed by atoms with Crippen LogP contribution in [0.4, 0.5) is 5.69 Å². The van der Waals surface area contributed by atoms with E-state index >= 15 is 0 Å². The van der Waals surface area contributed by atoms with Gasteiger partial charge in [0.2, 0.25) is 0 Å². The minimum atomic E-state index is 0.434. The smallest absolute Gasteiger partial charge is 0.0688 e. The predicted octanol–water partition coefficient (Wildman–Crippen LogP) is 3.66. The van der Waals surface area contributed by atoms with Gasteiger partial charge in [-0.05, 0) is 37.1 Å². The summed E-state index contributed by atoms with van der Waals surface area (Å²) < 4.78 is 2.30. The van der Waals surface area contributed by atoms with E-state index in [1.54, 1.807) is 0 Å². The maximum atomic E-state index is 3.64. The third kappa shape index (κ3) is 1.19. The highest BCUT2D eigenvalue weighted by Gasteiger charge is 2.22. The van der Waals surface area contributed by atoms with Crippen molar-refractivity contribution in [2.45, 2.75) is 26.3 Å². The van der Waals surface area contributed by atoms with Crippen molar-refractivity contribution in [3.8, 4) is 5.69 Å². The number of nitrogens with zero attached hydrogens (tertiary/aromatic N) is 1. The molecular weight excluding hydrogens is 196 g/mol. The van der Waals surface area contributed by atoms with Crippen LogP contribution in [0.15, 0.2) is 36.5 Å². The van der Waals surface area contributed by atoms with Crippen LogP contribution in [0, 0.1) is 6.92 Å². The normalized spacial score (nSPS) is 17.5. The molecule has 3 rings (SSSR count). The second kappa shape index (κ2) is 3.41. The average Bonchev–Trinajstić information content (AvgIpc) is 2.78. The Morgan fingerprint density at radius 2 is 2.12 bits per heavy atom. The minimum absolute atomic E-state index is 0.434. The van der Waals surface area contributed by atoms with Crippen LogP contribution in [0.3, 0.4) is 0 Å². The molecule has 0 aliphatic carbocycles. The summed E-state index contributed by atoms with van der Waals surface area (Å²) in [6, 6.07) is 11.2. The first kappa shape index (κ1) is 9.52. The number of benzene rings is 1. The fourth-order valence-corrected chi connectivity index (χ4v) is 2.50. The van der Waals surface area contributed by atoms with Crippen molar-refractivity contribution in [3.63, 3.8) is 0 Å². The molecule has 0 radical (unpaired) electrons. The van der Waals surface area contributed by atoms with E-state index in [2.05, 4.69) is 60.3 Å². The van der Waals surface area contributed by atoms with E-state index in [0.717, 1.165) is 6.42 Å². The highest BCUT2D eigenvalue weighted by Crippen LogP contribution is 2.36. The molecule has 16 heavy (non-hydrogen) atoms. The van der Waals surface area contributed by atoms with Gasteiger partial charge in [-0.25, -0.2) is 0 Å². The van der Waals surface area contributed by atoms with E-state index in [4.69, 9.17) is 0 Å². The molecule has 0 bridgehead atoms. The van der Waals surface area contributed by atoms with Crippen molar-refractivity contribution in [1.29, 1.82) is 0 Å². The Bertz CT molecular complexity index is 525. The van der Waals surface area contributed by atoms with Crippen LogP contribution < -0.4 is 5.32 Å². The Morgan fingerprint density at radius 3 is 2.94 bits per heavy atom. The van der Waals surface area contributed by atoms with Crippen molar-refractivity contribution in [1.82, 2.24) is 4.57 Å². The number of nitrogens with one attached hydrogen (secondary N) is 1. The van der Waals surface area contributed by atoms with Gasteiger partial charge in [-0.1, -0.05) is 19.1 Å². The van der Waals surface area contributed by atoms with Crippen LogP contribution in [0.5, 0.6) is 0 Å². The molecule has 2 aromatic rings. The van der Waals surface area contributed by atoms with Crippen molar-refractivity contribution in [2.24, 2.45) is 0 Å². The van der Waals surface area contributed by atoms with Gasteiger partial charge in [0.25, 0.3) is 0 Å². The minimum Gasteiger partial charge on any atom is -0.375 e. The van der Waals surface area contributed by atoms with E-state index in [1.807, 2.05) is 0 Å². The molecule has 0 fully saturated rings. The molecule has 2 heterocycles. The lowest BCUT2D eigenvalue weighted by atomic mass is 10.0. The number of anilines is 1. The van der Waals surface area contributed by atoms with Crippen molar-refractivity contribution in [3.05, 3.63) is 47.8 Å². The number of fused-ring (bicyclic) bond motifs is 3. The van der Waals surface area contributed by atoms with Crippen LogP contribution >= 0.6 is 0 Å². The monoisotopic (exact) mass is 212 g/mol. The molecule has 0 spiro atoms. The number of hydrogen-bond acceptors (Lipinski definition) is 1. The second-order valence-electron chi connectivity index (χ2n) is 4.38. The summed E-state index contributed by atoms with van der Waals surface area (Å²) in [4.78, 5) is 0. The Balaban J connectivity index is 2.25. The first-order valence-electron chi connectivity index (χ1n) is 5.85. The third-order valence-electron chi connectivity index (χ3n) is 3.37. The molecule has 1 atom stereocenters. The molecule has 1 N–H and O–H groups in total. The highest BCUT2D eigenvalue weighted by molar-refractivity contribution is 5.69. The lowest BCUT2D eigenvalue weighted by molar-refractivity contribution is 0.685. The number of rotatable bonds is 1. The Labute approximate surface area is 95.9 Å². The lowest BCUT2D eigenvalue weighted by Gasteiger charge is -2.29. The summed E-state index contributed by atoms with van der Waals surface area (Å²) in [5.41, 5.74) is 5.22. The number of aromatic nitrogens is 1. The molecule has 0 amide bonds. The summed E-state index contributed by atoms with van der Waals surface area (Å²) in [6.45, 7) is 4.38. The summed E-state index contributed by atoms with van der Waals surface area (Å²) >= 11 is 0. The number of para-hydroxylation sites is 1. The average molecular weight is 212 g/mol. The molecule has 0 saturated carbocycles. The first-order valence-corrected chi connectivity index (χ1v) is 5.85. The van der Waals surface area contributed by atoms with Crippen LogP contribution in [0.1, 0.15) is 30.6 Å².